The van der Waals surface area contributed by atoms with Crippen LogP contribution in [0, 0.1) is 6.92 Å². The normalized spacial score (nSPS) is 19.5. The highest BCUT2D eigenvalue weighted by molar-refractivity contribution is 8.01. The lowest BCUT2D eigenvalue weighted by Gasteiger charge is -2.37. The Morgan fingerprint density at radius 2 is 2.29 bits per heavy atom. The van der Waals surface area contributed by atoms with Crippen molar-refractivity contribution in [3.05, 3.63) is 23.5 Å². The lowest BCUT2D eigenvalue weighted by Crippen LogP contribution is -2.48. The van der Waals surface area contributed by atoms with Gasteiger partial charge >= 0.3 is 5.97 Å². The average molecular weight is 330 g/mol. The third-order valence-corrected chi connectivity index (χ3v) is 6.75. The van der Waals surface area contributed by atoms with Crippen molar-refractivity contribution < 1.29 is 18.3 Å². The first-order valence-corrected chi connectivity index (χ1v) is 9.49. The summed E-state index contributed by atoms with van der Waals surface area (Å²) in [5.74, 6) is 0.178. The van der Waals surface area contributed by atoms with Crippen LogP contribution in [-0.2, 0) is 9.84 Å². The second kappa shape index (κ2) is 6.23. The summed E-state index contributed by atoms with van der Waals surface area (Å²) in [4.78, 5) is 17.1. The van der Waals surface area contributed by atoms with Crippen LogP contribution in [0.2, 0.25) is 0 Å². The number of carboxylic acid groups (broad SMARTS) is 1. The highest BCUT2D eigenvalue weighted by Gasteiger charge is 2.34. The zero-order valence-corrected chi connectivity index (χ0v) is 13.6. The van der Waals surface area contributed by atoms with Crippen LogP contribution in [0.4, 0.5) is 5.69 Å². The molecule has 2 rings (SSSR count). The minimum absolute atomic E-state index is 0.0429. The van der Waals surface area contributed by atoms with E-state index < -0.39 is 21.2 Å². The van der Waals surface area contributed by atoms with E-state index in [-0.39, 0.29) is 11.3 Å². The molecule has 2 heterocycles. The Labute approximate surface area is 128 Å². The van der Waals surface area contributed by atoms with Gasteiger partial charge in [-0.05, 0) is 13.0 Å². The number of sulfone groups is 1. The van der Waals surface area contributed by atoms with Crippen LogP contribution >= 0.6 is 11.8 Å². The molecule has 116 valence electrons. The largest absolute Gasteiger partial charge is 0.478 e. The molecule has 8 heteroatoms. The first-order chi connectivity index (χ1) is 9.86. The number of hydrogen-bond acceptors (Lipinski definition) is 6. The van der Waals surface area contributed by atoms with Crippen molar-refractivity contribution in [2.24, 2.45) is 0 Å². The molecule has 0 bridgehead atoms. The monoisotopic (exact) mass is 330 g/mol. The molecule has 1 atom stereocenters. The zero-order chi connectivity index (χ0) is 15.6. The standard InChI is InChI=1S/C13H18N2O4S2/c1-3-21(18,19)12-8-20-5-4-15(12)11-6-9(2)14-7-10(11)13(16)17/h6-7,12H,3-5,8H2,1-2H3,(H,16,17). The van der Waals surface area contributed by atoms with Gasteiger partial charge in [-0.2, -0.15) is 11.8 Å². The van der Waals surface area contributed by atoms with Gasteiger partial charge in [0.2, 0.25) is 0 Å². The zero-order valence-electron chi connectivity index (χ0n) is 11.9. The van der Waals surface area contributed by atoms with E-state index in [4.69, 9.17) is 0 Å². The minimum Gasteiger partial charge on any atom is -0.478 e. The third-order valence-electron chi connectivity index (χ3n) is 3.46. The lowest BCUT2D eigenvalue weighted by molar-refractivity contribution is 0.0697. The lowest BCUT2D eigenvalue weighted by atomic mass is 10.2. The molecular weight excluding hydrogens is 312 g/mol. The fourth-order valence-corrected chi connectivity index (χ4v) is 5.28. The van der Waals surface area contributed by atoms with E-state index >= 15 is 0 Å². The first-order valence-electron chi connectivity index (χ1n) is 6.62. The van der Waals surface area contributed by atoms with Crippen molar-refractivity contribution >= 4 is 33.3 Å². The van der Waals surface area contributed by atoms with E-state index in [1.165, 1.54) is 6.20 Å². The van der Waals surface area contributed by atoms with E-state index in [1.807, 2.05) is 0 Å². The molecule has 0 aliphatic carbocycles. The Morgan fingerprint density at radius 1 is 1.57 bits per heavy atom. The Hall–Kier alpha value is -1.28. The summed E-state index contributed by atoms with van der Waals surface area (Å²) in [6, 6.07) is 1.65. The number of aryl methyl sites for hydroxylation is 1. The third kappa shape index (κ3) is 3.32. The van der Waals surface area contributed by atoms with Crippen molar-refractivity contribution in [1.82, 2.24) is 4.98 Å². The van der Waals surface area contributed by atoms with Gasteiger partial charge in [0.25, 0.3) is 0 Å². The minimum atomic E-state index is -3.28. The second-order valence-electron chi connectivity index (χ2n) is 4.82. The number of nitrogens with zero attached hydrogens (tertiary/aromatic N) is 2. The number of rotatable bonds is 4. The number of carbonyl (C=O) groups is 1. The number of aromatic nitrogens is 1. The molecule has 21 heavy (non-hydrogen) atoms. The molecule has 0 amide bonds. The Morgan fingerprint density at radius 3 is 2.90 bits per heavy atom. The van der Waals surface area contributed by atoms with E-state index in [0.29, 0.717) is 23.7 Å². The van der Waals surface area contributed by atoms with E-state index in [1.54, 1.807) is 36.6 Å². The molecular formula is C13H18N2O4S2. The van der Waals surface area contributed by atoms with Crippen LogP contribution in [-0.4, -0.2) is 53.7 Å². The van der Waals surface area contributed by atoms with Crippen LogP contribution in [0.25, 0.3) is 0 Å². The maximum Gasteiger partial charge on any atom is 0.339 e. The Bertz CT molecular complexity index is 646. The summed E-state index contributed by atoms with van der Waals surface area (Å²) in [6.07, 6.45) is 1.30. The number of carboxylic acids is 1. The molecule has 1 aromatic heterocycles. The first kappa shape index (κ1) is 16.1. The predicted octanol–water partition coefficient (Wildman–Crippen LogP) is 1.40. The van der Waals surface area contributed by atoms with Crippen molar-refractivity contribution in [3.8, 4) is 0 Å². The maximum absolute atomic E-state index is 12.3. The molecule has 0 saturated carbocycles. The molecule has 0 spiro atoms. The van der Waals surface area contributed by atoms with Crippen LogP contribution < -0.4 is 4.90 Å². The second-order valence-corrected chi connectivity index (χ2v) is 8.42. The molecule has 1 fully saturated rings. The van der Waals surface area contributed by atoms with Gasteiger partial charge in [-0.25, -0.2) is 13.2 Å². The van der Waals surface area contributed by atoms with Gasteiger partial charge < -0.3 is 10.0 Å². The summed E-state index contributed by atoms with van der Waals surface area (Å²) in [5, 5.41) is 8.63. The summed E-state index contributed by atoms with van der Waals surface area (Å²) in [5.41, 5.74) is 1.15. The molecule has 6 nitrogen and oxygen atoms in total. The predicted molar refractivity (Wildman–Crippen MR) is 83.9 cm³/mol. The number of pyridine rings is 1. The molecule has 1 unspecified atom stereocenters. The fraction of sp³-hybridized carbons (Fsp3) is 0.538. The van der Waals surface area contributed by atoms with Gasteiger partial charge in [-0.3, -0.25) is 4.98 Å². The van der Waals surface area contributed by atoms with Crippen LogP contribution in [0.3, 0.4) is 0 Å². The van der Waals surface area contributed by atoms with Gasteiger partial charge in [0.15, 0.2) is 9.84 Å². The smallest absolute Gasteiger partial charge is 0.339 e. The van der Waals surface area contributed by atoms with Gasteiger partial charge in [0.1, 0.15) is 10.9 Å². The van der Waals surface area contributed by atoms with Gasteiger partial charge in [0, 0.05) is 35.7 Å². The van der Waals surface area contributed by atoms with E-state index in [9.17, 15) is 18.3 Å². The highest BCUT2D eigenvalue weighted by atomic mass is 32.2. The quantitative estimate of drug-likeness (QED) is 0.893. The summed E-state index contributed by atoms with van der Waals surface area (Å²) in [6.45, 7) is 3.89. The molecule has 0 radical (unpaired) electrons. The maximum atomic E-state index is 12.3. The van der Waals surface area contributed by atoms with Crippen LogP contribution in [0.5, 0.6) is 0 Å². The van der Waals surface area contributed by atoms with Crippen molar-refractivity contribution in [1.29, 1.82) is 0 Å². The molecule has 1 aliphatic rings. The Balaban J connectivity index is 2.52. The average Bonchev–Trinajstić information content (AvgIpc) is 2.46. The van der Waals surface area contributed by atoms with E-state index in [2.05, 4.69) is 4.98 Å². The van der Waals surface area contributed by atoms with E-state index in [0.717, 1.165) is 5.75 Å². The van der Waals surface area contributed by atoms with Gasteiger partial charge in [0.05, 0.1) is 5.69 Å². The number of hydrogen-bond donors (Lipinski definition) is 1. The van der Waals surface area contributed by atoms with Crippen LogP contribution in [0.15, 0.2) is 12.3 Å². The summed E-state index contributed by atoms with van der Waals surface area (Å²) < 4.78 is 24.6. The Kier molecular flexibility index (Phi) is 4.77. The SMILES string of the molecule is CCS(=O)(=O)C1CSCCN1c1cc(C)ncc1C(=O)O. The van der Waals surface area contributed by atoms with Crippen molar-refractivity contribution in [3.63, 3.8) is 0 Å². The van der Waals surface area contributed by atoms with Crippen molar-refractivity contribution in [2.45, 2.75) is 19.2 Å². The van der Waals surface area contributed by atoms with Gasteiger partial charge in [-0.1, -0.05) is 6.92 Å². The highest BCUT2D eigenvalue weighted by Crippen LogP contribution is 2.30. The van der Waals surface area contributed by atoms with Crippen LogP contribution in [0.1, 0.15) is 23.0 Å². The molecule has 1 aliphatic heterocycles. The molecule has 0 aromatic carbocycles. The summed E-state index contributed by atoms with van der Waals surface area (Å²) >= 11 is 1.58. The fourth-order valence-electron chi connectivity index (χ4n) is 2.29. The topological polar surface area (TPSA) is 87.6 Å². The molecule has 1 saturated heterocycles. The molecule has 1 N–H and O–H groups in total. The molecule has 1 aromatic rings. The van der Waals surface area contributed by atoms with Gasteiger partial charge in [-0.15, -0.1) is 0 Å². The number of aromatic carboxylic acids is 1. The summed E-state index contributed by atoms with van der Waals surface area (Å²) in [7, 11) is -3.28. The number of anilines is 1. The number of thioether (sulfide) groups is 1. The van der Waals surface area contributed by atoms with Crippen molar-refractivity contribution in [2.75, 3.05) is 28.7 Å².